The molecule has 0 saturated carbocycles. The number of hydrogen-bond donors (Lipinski definition) is 1. The number of alkyl halides is 3. The van der Waals surface area contributed by atoms with Gasteiger partial charge in [0.25, 0.3) is 0 Å². The van der Waals surface area contributed by atoms with Gasteiger partial charge in [0.1, 0.15) is 5.82 Å². The fourth-order valence-corrected chi connectivity index (χ4v) is 1.15. The second-order valence-electron chi connectivity index (χ2n) is 2.35. The van der Waals surface area contributed by atoms with E-state index < -0.39 is 23.2 Å². The largest absolute Gasteiger partial charge is 0.418 e. The van der Waals surface area contributed by atoms with E-state index in [1.165, 1.54) is 0 Å². The smallest absolute Gasteiger partial charge is 0.398 e. The molecule has 6 heteroatoms. The monoisotopic (exact) mass is 257 g/mol. The van der Waals surface area contributed by atoms with Crippen LogP contribution in [0.3, 0.4) is 0 Å². The van der Waals surface area contributed by atoms with Crippen molar-refractivity contribution < 1.29 is 17.6 Å². The van der Waals surface area contributed by atoms with Crippen molar-refractivity contribution in [3.63, 3.8) is 0 Å². The Hall–Kier alpha value is -0.780. The topological polar surface area (TPSA) is 26.0 Å². The SMILES string of the molecule is Nc1cc(F)c(Br)cc1C(F)(F)F. The van der Waals surface area contributed by atoms with E-state index in [-0.39, 0.29) is 4.47 Å². The maximum atomic E-state index is 12.7. The minimum Gasteiger partial charge on any atom is -0.398 e. The lowest BCUT2D eigenvalue weighted by atomic mass is 10.2. The van der Waals surface area contributed by atoms with Gasteiger partial charge in [-0.15, -0.1) is 0 Å². The maximum absolute atomic E-state index is 12.7. The third-order valence-electron chi connectivity index (χ3n) is 1.40. The predicted octanol–water partition coefficient (Wildman–Crippen LogP) is 3.19. The second-order valence-corrected chi connectivity index (χ2v) is 3.21. The van der Waals surface area contributed by atoms with Crippen LogP contribution in [0.15, 0.2) is 16.6 Å². The molecule has 0 amide bonds. The maximum Gasteiger partial charge on any atom is 0.418 e. The molecule has 1 aromatic carbocycles. The predicted molar refractivity (Wildman–Crippen MR) is 43.5 cm³/mol. The van der Waals surface area contributed by atoms with Gasteiger partial charge in [-0.2, -0.15) is 13.2 Å². The first-order chi connectivity index (χ1) is 5.82. The highest BCUT2D eigenvalue weighted by Crippen LogP contribution is 2.36. The Balaban J connectivity index is 3.32. The molecule has 2 N–H and O–H groups in total. The first-order valence-electron chi connectivity index (χ1n) is 3.14. The van der Waals surface area contributed by atoms with Crippen LogP contribution in [0.4, 0.5) is 23.2 Å². The molecule has 0 fully saturated rings. The van der Waals surface area contributed by atoms with Gasteiger partial charge in [0.05, 0.1) is 10.0 Å². The normalized spacial score (nSPS) is 11.8. The molecule has 0 bridgehead atoms. The lowest BCUT2D eigenvalue weighted by Gasteiger charge is -2.10. The molecule has 1 nitrogen and oxygen atoms in total. The van der Waals surface area contributed by atoms with Gasteiger partial charge in [0.2, 0.25) is 0 Å². The average Bonchev–Trinajstić information content (AvgIpc) is 1.94. The van der Waals surface area contributed by atoms with Gasteiger partial charge in [-0.1, -0.05) is 0 Å². The molecular formula is C7H4BrF4N. The molecule has 13 heavy (non-hydrogen) atoms. The van der Waals surface area contributed by atoms with E-state index in [1.54, 1.807) is 0 Å². The first-order valence-corrected chi connectivity index (χ1v) is 3.93. The third kappa shape index (κ3) is 2.12. The van der Waals surface area contributed by atoms with E-state index in [2.05, 4.69) is 15.9 Å². The summed E-state index contributed by atoms with van der Waals surface area (Å²) in [5.41, 5.74) is 3.34. The molecule has 1 rings (SSSR count). The summed E-state index contributed by atoms with van der Waals surface area (Å²) in [6.07, 6.45) is -4.56. The number of halogens is 5. The van der Waals surface area contributed by atoms with Crippen LogP contribution < -0.4 is 5.73 Å². The number of nitrogen functional groups attached to an aromatic ring is 1. The Morgan fingerprint density at radius 2 is 1.77 bits per heavy atom. The summed E-state index contributed by atoms with van der Waals surface area (Å²) in [7, 11) is 0. The summed E-state index contributed by atoms with van der Waals surface area (Å²) in [5, 5.41) is 0. The summed E-state index contributed by atoms with van der Waals surface area (Å²) in [5.74, 6) is -0.814. The van der Waals surface area contributed by atoms with Crippen molar-refractivity contribution >= 4 is 21.6 Å². The average molecular weight is 258 g/mol. The van der Waals surface area contributed by atoms with Crippen LogP contribution in [0.5, 0.6) is 0 Å². The van der Waals surface area contributed by atoms with Gasteiger partial charge in [-0.05, 0) is 28.1 Å². The Kier molecular flexibility index (Phi) is 2.51. The Morgan fingerprint density at radius 1 is 1.23 bits per heavy atom. The van der Waals surface area contributed by atoms with Crippen molar-refractivity contribution in [1.82, 2.24) is 0 Å². The van der Waals surface area contributed by atoms with Gasteiger partial charge in [-0.25, -0.2) is 4.39 Å². The molecule has 1 aromatic rings. The Labute approximate surface area is 79.7 Å². The zero-order chi connectivity index (χ0) is 10.2. The van der Waals surface area contributed by atoms with E-state index in [1.807, 2.05) is 0 Å². The summed E-state index contributed by atoms with van der Waals surface area (Å²) in [4.78, 5) is 0. The fourth-order valence-electron chi connectivity index (χ4n) is 0.808. The number of nitrogens with two attached hydrogens (primary N) is 1. The third-order valence-corrected chi connectivity index (χ3v) is 2.01. The first kappa shape index (κ1) is 10.3. The Morgan fingerprint density at radius 3 is 2.23 bits per heavy atom. The minimum atomic E-state index is -4.56. The van der Waals surface area contributed by atoms with Crippen molar-refractivity contribution in [2.75, 3.05) is 5.73 Å². The van der Waals surface area contributed by atoms with Gasteiger partial charge >= 0.3 is 6.18 Å². The molecule has 0 aromatic heterocycles. The van der Waals surface area contributed by atoms with E-state index in [0.29, 0.717) is 12.1 Å². The standard InChI is InChI=1S/C7H4BrF4N/c8-4-1-3(7(10,11)12)6(13)2-5(4)9/h1-2H,13H2. The van der Waals surface area contributed by atoms with Crippen molar-refractivity contribution in [2.24, 2.45) is 0 Å². The van der Waals surface area contributed by atoms with Crippen LogP contribution in [0.25, 0.3) is 0 Å². The zero-order valence-corrected chi connectivity index (χ0v) is 7.71. The van der Waals surface area contributed by atoms with Crippen molar-refractivity contribution in [1.29, 1.82) is 0 Å². The number of benzene rings is 1. The molecule has 0 radical (unpaired) electrons. The summed E-state index contributed by atoms with van der Waals surface area (Å²) in [6.45, 7) is 0. The van der Waals surface area contributed by atoms with Crippen LogP contribution in [-0.2, 0) is 6.18 Å². The van der Waals surface area contributed by atoms with Crippen molar-refractivity contribution in [3.05, 3.63) is 28.0 Å². The van der Waals surface area contributed by atoms with E-state index >= 15 is 0 Å². The van der Waals surface area contributed by atoms with Crippen LogP contribution in [-0.4, -0.2) is 0 Å². The highest BCUT2D eigenvalue weighted by Gasteiger charge is 2.33. The zero-order valence-electron chi connectivity index (χ0n) is 6.12. The van der Waals surface area contributed by atoms with Gasteiger partial charge < -0.3 is 5.73 Å². The molecule has 72 valence electrons. The van der Waals surface area contributed by atoms with E-state index in [0.717, 1.165) is 0 Å². The molecule has 0 aliphatic carbocycles. The van der Waals surface area contributed by atoms with Gasteiger partial charge in [0.15, 0.2) is 0 Å². The fraction of sp³-hybridized carbons (Fsp3) is 0.143. The second kappa shape index (κ2) is 3.17. The van der Waals surface area contributed by atoms with E-state index in [4.69, 9.17) is 5.73 Å². The van der Waals surface area contributed by atoms with Gasteiger partial charge in [-0.3, -0.25) is 0 Å². The highest BCUT2D eigenvalue weighted by molar-refractivity contribution is 9.10. The van der Waals surface area contributed by atoms with Gasteiger partial charge in [0, 0.05) is 5.69 Å². The molecule has 0 atom stereocenters. The molecular weight excluding hydrogens is 254 g/mol. The molecule has 0 saturated heterocycles. The number of anilines is 1. The molecule has 0 aliphatic heterocycles. The Bertz CT molecular complexity index is 334. The number of rotatable bonds is 0. The summed E-state index contributed by atoms with van der Waals surface area (Å²) < 4.78 is 48.8. The number of hydrogen-bond acceptors (Lipinski definition) is 1. The molecule has 0 unspecified atom stereocenters. The van der Waals surface area contributed by atoms with Crippen LogP contribution in [0, 0.1) is 5.82 Å². The van der Waals surface area contributed by atoms with Crippen molar-refractivity contribution in [3.8, 4) is 0 Å². The summed E-state index contributed by atoms with van der Waals surface area (Å²) >= 11 is 2.64. The van der Waals surface area contributed by atoms with E-state index in [9.17, 15) is 17.6 Å². The van der Waals surface area contributed by atoms with Crippen molar-refractivity contribution in [2.45, 2.75) is 6.18 Å². The lowest BCUT2D eigenvalue weighted by molar-refractivity contribution is -0.137. The van der Waals surface area contributed by atoms with Crippen LogP contribution in [0.2, 0.25) is 0 Å². The quantitative estimate of drug-likeness (QED) is 0.561. The molecule has 0 heterocycles. The molecule has 0 spiro atoms. The highest BCUT2D eigenvalue weighted by atomic mass is 79.9. The van der Waals surface area contributed by atoms with Crippen LogP contribution >= 0.6 is 15.9 Å². The lowest BCUT2D eigenvalue weighted by Crippen LogP contribution is -2.09. The van der Waals surface area contributed by atoms with Crippen LogP contribution in [0.1, 0.15) is 5.56 Å². The molecule has 0 aliphatic rings. The minimum absolute atomic E-state index is 0.256. The summed E-state index contributed by atoms with van der Waals surface area (Å²) in [6, 6.07) is 1.25.